The lowest BCUT2D eigenvalue weighted by Gasteiger charge is -2.03. The molecule has 0 heterocycles. The summed E-state index contributed by atoms with van der Waals surface area (Å²) in [6, 6.07) is 0. The molecule has 0 unspecified atom stereocenters. The third-order valence-corrected chi connectivity index (χ3v) is 1.56. The minimum atomic E-state index is -0.456. The Hall–Kier alpha value is -1.08. The zero-order valence-electron chi connectivity index (χ0n) is 6.35. The van der Waals surface area contributed by atoms with E-state index in [0.717, 1.165) is 0 Å². The van der Waals surface area contributed by atoms with Gasteiger partial charge in [-0.25, -0.2) is 0 Å². The lowest BCUT2D eigenvalue weighted by Crippen LogP contribution is -1.98. The normalized spacial score (nSPS) is 29.5. The lowest BCUT2D eigenvalue weighted by molar-refractivity contribution is 0.271. The summed E-state index contributed by atoms with van der Waals surface area (Å²) in [5.74, 6) is 0.245. The van der Waals surface area contributed by atoms with Crippen LogP contribution in [0.2, 0.25) is 0 Å². The largest absolute Gasteiger partial charge is 0.385 e. The van der Waals surface area contributed by atoms with E-state index in [1.165, 1.54) is 0 Å². The highest BCUT2D eigenvalue weighted by molar-refractivity contribution is 5.19. The zero-order chi connectivity index (χ0) is 8.10. The first-order chi connectivity index (χ1) is 5.33. The Morgan fingerprint density at radius 1 is 1.09 bits per heavy atom. The number of aliphatic hydroxyl groups excluding tert-OH is 1. The van der Waals surface area contributed by atoms with Crippen molar-refractivity contribution in [3.63, 3.8) is 0 Å². The van der Waals surface area contributed by atoms with Crippen molar-refractivity contribution >= 4 is 0 Å². The Labute approximate surface area is 67.1 Å². The molecule has 0 fully saturated rings. The van der Waals surface area contributed by atoms with E-state index in [1.807, 2.05) is 30.4 Å². The van der Waals surface area contributed by atoms with Crippen LogP contribution < -0.4 is 0 Å². The molecule has 0 aromatic heterocycles. The molecule has 2 atom stereocenters. The summed E-state index contributed by atoms with van der Waals surface area (Å²) in [4.78, 5) is 0. The van der Waals surface area contributed by atoms with Gasteiger partial charge in [-0.1, -0.05) is 42.5 Å². The van der Waals surface area contributed by atoms with Crippen LogP contribution >= 0.6 is 0 Å². The first-order valence-corrected chi connectivity index (χ1v) is 3.67. The summed E-state index contributed by atoms with van der Waals surface area (Å²) in [5, 5.41) is 9.19. The van der Waals surface area contributed by atoms with E-state index in [-0.39, 0.29) is 5.92 Å². The Balaban J connectivity index is 2.75. The van der Waals surface area contributed by atoms with Crippen LogP contribution in [0.4, 0.5) is 0 Å². The average Bonchev–Trinajstić information content (AvgIpc) is 1.98. The summed E-state index contributed by atoms with van der Waals surface area (Å²) >= 11 is 0. The third kappa shape index (κ3) is 2.56. The van der Waals surface area contributed by atoms with Crippen molar-refractivity contribution in [2.45, 2.75) is 6.10 Å². The quantitative estimate of drug-likeness (QED) is 0.562. The third-order valence-electron chi connectivity index (χ3n) is 1.56. The van der Waals surface area contributed by atoms with Crippen molar-refractivity contribution in [2.24, 2.45) is 5.92 Å². The van der Waals surface area contributed by atoms with Gasteiger partial charge in [0.25, 0.3) is 0 Å². The smallest absolute Gasteiger partial charge is 0.0905 e. The van der Waals surface area contributed by atoms with Gasteiger partial charge in [0.2, 0.25) is 0 Å². The Morgan fingerprint density at radius 2 is 1.82 bits per heavy atom. The molecule has 0 bridgehead atoms. The predicted octanol–water partition coefficient (Wildman–Crippen LogP) is 1.83. The van der Waals surface area contributed by atoms with Gasteiger partial charge in [0, 0.05) is 5.92 Å². The molecule has 0 radical (unpaired) electrons. The van der Waals surface area contributed by atoms with Gasteiger partial charge in [0.15, 0.2) is 0 Å². The number of rotatable bonds is 1. The number of aliphatic hydroxyl groups is 1. The average molecular weight is 148 g/mol. The van der Waals surface area contributed by atoms with Crippen LogP contribution in [0.3, 0.4) is 0 Å². The maximum absolute atomic E-state index is 9.19. The maximum Gasteiger partial charge on any atom is 0.0905 e. The second-order valence-electron chi connectivity index (χ2n) is 2.46. The van der Waals surface area contributed by atoms with Crippen molar-refractivity contribution < 1.29 is 5.11 Å². The van der Waals surface area contributed by atoms with Crippen molar-refractivity contribution in [3.05, 3.63) is 49.1 Å². The van der Waals surface area contributed by atoms with Gasteiger partial charge in [-0.2, -0.15) is 0 Å². The summed E-state index contributed by atoms with van der Waals surface area (Å²) in [7, 11) is 0. The minimum Gasteiger partial charge on any atom is -0.385 e. The molecule has 0 spiro atoms. The molecular weight excluding hydrogens is 136 g/mol. The van der Waals surface area contributed by atoms with Gasteiger partial charge < -0.3 is 5.11 Å². The van der Waals surface area contributed by atoms with Gasteiger partial charge in [-0.05, 0) is 0 Å². The standard InChI is InChI=1S/C10H12O/c1-2-9-5-3-4-6-10(11)8-7-9/h2-11H,1H2/t9-,10-/m1/s1. The summed E-state index contributed by atoms with van der Waals surface area (Å²) in [6.45, 7) is 3.67. The fourth-order valence-electron chi connectivity index (χ4n) is 0.898. The minimum absolute atomic E-state index is 0.245. The molecule has 0 aromatic rings. The maximum atomic E-state index is 9.19. The summed E-state index contributed by atoms with van der Waals surface area (Å²) in [6.07, 6.45) is 12.6. The molecule has 1 aliphatic rings. The van der Waals surface area contributed by atoms with E-state index in [1.54, 1.807) is 12.2 Å². The van der Waals surface area contributed by atoms with E-state index in [0.29, 0.717) is 0 Å². The van der Waals surface area contributed by atoms with Gasteiger partial charge in [-0.3, -0.25) is 0 Å². The van der Waals surface area contributed by atoms with Crippen LogP contribution in [0.1, 0.15) is 0 Å². The van der Waals surface area contributed by atoms with Crippen molar-refractivity contribution in [1.29, 1.82) is 0 Å². The van der Waals surface area contributed by atoms with E-state index < -0.39 is 6.10 Å². The van der Waals surface area contributed by atoms with E-state index >= 15 is 0 Å². The second-order valence-corrected chi connectivity index (χ2v) is 2.46. The fourth-order valence-corrected chi connectivity index (χ4v) is 0.898. The van der Waals surface area contributed by atoms with Gasteiger partial charge >= 0.3 is 0 Å². The van der Waals surface area contributed by atoms with E-state index in [4.69, 9.17) is 0 Å². The Kier molecular flexibility index (Phi) is 2.87. The molecule has 0 aliphatic heterocycles. The molecule has 1 rings (SSSR count). The van der Waals surface area contributed by atoms with E-state index in [2.05, 4.69) is 6.58 Å². The second kappa shape index (κ2) is 3.94. The molecule has 0 amide bonds. The van der Waals surface area contributed by atoms with Crippen LogP contribution in [0.25, 0.3) is 0 Å². The SMILES string of the molecule is C=C[C@@H]1C=CC=C[C@@H](O)C=C1. The van der Waals surface area contributed by atoms with E-state index in [9.17, 15) is 5.11 Å². The van der Waals surface area contributed by atoms with Crippen LogP contribution in [0.15, 0.2) is 49.1 Å². The van der Waals surface area contributed by atoms with Gasteiger partial charge in [-0.15, -0.1) is 6.58 Å². The predicted molar refractivity (Wildman–Crippen MR) is 47.1 cm³/mol. The summed E-state index contributed by atoms with van der Waals surface area (Å²) in [5.41, 5.74) is 0. The molecule has 0 saturated carbocycles. The topological polar surface area (TPSA) is 20.2 Å². The van der Waals surface area contributed by atoms with Gasteiger partial charge in [0.05, 0.1) is 6.10 Å². The monoisotopic (exact) mass is 148 g/mol. The molecule has 1 N–H and O–H groups in total. The summed E-state index contributed by atoms with van der Waals surface area (Å²) < 4.78 is 0. The molecule has 1 heteroatoms. The van der Waals surface area contributed by atoms with Crippen LogP contribution in [-0.4, -0.2) is 11.2 Å². The highest BCUT2D eigenvalue weighted by Crippen LogP contribution is 2.06. The molecule has 0 saturated heterocycles. The number of hydrogen-bond donors (Lipinski definition) is 1. The molecular formula is C10H12O. The molecule has 1 aliphatic carbocycles. The highest BCUT2D eigenvalue weighted by atomic mass is 16.3. The number of allylic oxidation sites excluding steroid dienone is 5. The van der Waals surface area contributed by atoms with Crippen LogP contribution in [0.5, 0.6) is 0 Å². The Morgan fingerprint density at radius 3 is 2.55 bits per heavy atom. The van der Waals surface area contributed by atoms with Crippen molar-refractivity contribution in [2.75, 3.05) is 0 Å². The van der Waals surface area contributed by atoms with Crippen molar-refractivity contribution in [3.8, 4) is 0 Å². The van der Waals surface area contributed by atoms with Crippen LogP contribution in [-0.2, 0) is 0 Å². The zero-order valence-corrected chi connectivity index (χ0v) is 6.35. The Bertz CT molecular complexity index is 211. The van der Waals surface area contributed by atoms with Gasteiger partial charge in [0.1, 0.15) is 0 Å². The first-order valence-electron chi connectivity index (χ1n) is 3.67. The van der Waals surface area contributed by atoms with Crippen LogP contribution in [0, 0.1) is 5.92 Å². The highest BCUT2D eigenvalue weighted by Gasteiger charge is 1.96. The molecule has 1 nitrogen and oxygen atoms in total. The first kappa shape index (κ1) is 8.02. The molecule has 58 valence electrons. The van der Waals surface area contributed by atoms with Crippen molar-refractivity contribution in [1.82, 2.24) is 0 Å². The molecule has 11 heavy (non-hydrogen) atoms. The fraction of sp³-hybridized carbons (Fsp3) is 0.200. The lowest BCUT2D eigenvalue weighted by atomic mass is 10.1. The molecule has 0 aromatic carbocycles. The number of hydrogen-bond acceptors (Lipinski definition) is 1.